The van der Waals surface area contributed by atoms with Crippen LogP contribution in [0.2, 0.25) is 0 Å². The van der Waals surface area contributed by atoms with Crippen molar-refractivity contribution in [1.29, 1.82) is 0 Å². The lowest BCUT2D eigenvalue weighted by atomic mass is 9.98. The van der Waals surface area contributed by atoms with Crippen molar-refractivity contribution in [3.63, 3.8) is 0 Å². The number of benzene rings is 7. The van der Waals surface area contributed by atoms with Gasteiger partial charge in [0.05, 0.1) is 16.6 Å². The first kappa shape index (κ1) is 37.7. The summed E-state index contributed by atoms with van der Waals surface area (Å²) in [5.74, 6) is 1.56. The monoisotopic (exact) mass is 800 g/mol. The minimum absolute atomic E-state index is 0.323. The highest BCUT2D eigenvalue weighted by molar-refractivity contribution is 6.16. The Hall–Kier alpha value is -7.51. The molecule has 1 aliphatic carbocycles. The lowest BCUT2D eigenvalue weighted by molar-refractivity contribution is -0.0882. The number of fused-ring (bicyclic) bond motifs is 3. The van der Waals surface area contributed by atoms with E-state index in [0.29, 0.717) is 39.9 Å². The zero-order chi connectivity index (χ0) is 41.7. The molecule has 10 rings (SSSR count). The van der Waals surface area contributed by atoms with Crippen LogP contribution in [-0.4, -0.2) is 22.4 Å². The van der Waals surface area contributed by atoms with E-state index in [9.17, 15) is 13.2 Å². The van der Waals surface area contributed by atoms with Crippen LogP contribution in [0.5, 0.6) is 0 Å². The molecule has 1 aliphatic heterocycles. The molecule has 0 radical (unpaired) electrons. The zero-order valence-electron chi connectivity index (χ0n) is 33.5. The van der Waals surface area contributed by atoms with Crippen molar-refractivity contribution in [2.45, 2.75) is 26.4 Å². The van der Waals surface area contributed by atoms with E-state index in [1.807, 2.05) is 72.8 Å². The predicted octanol–water partition coefficient (Wildman–Crippen LogP) is 11.9. The standard InChI is InChI=1S/C54H39F3N4/c1-34-16-20-36(21-17-34)40-24-27-46-47-28-25-41(37-22-18-35(2)19-23-37)32-50(47)61(49(46)31-40)44-26-29-45(42-14-9-15-43(30-42)54(55,56)57)48(33-44)53-59-51(38-10-5-3-6-11-38)58-52(60-53)39-12-7-4-8-13-39/h3-13,15-33H,14H2,1-2H3,(H,58,59,60). The molecule has 8 aromatic rings. The van der Waals surface area contributed by atoms with E-state index in [2.05, 4.69) is 115 Å². The van der Waals surface area contributed by atoms with E-state index >= 15 is 0 Å². The number of alkyl halides is 3. The second-order valence-corrected chi connectivity index (χ2v) is 15.6. The Bertz CT molecular complexity index is 3160. The van der Waals surface area contributed by atoms with Crippen LogP contribution in [0.4, 0.5) is 13.2 Å². The number of aliphatic imine (C=N–C) groups is 2. The van der Waals surface area contributed by atoms with Crippen LogP contribution in [0, 0.1) is 13.8 Å². The van der Waals surface area contributed by atoms with E-state index in [-0.39, 0.29) is 0 Å². The van der Waals surface area contributed by atoms with Crippen molar-refractivity contribution in [3.8, 4) is 27.9 Å². The number of nitrogens with one attached hydrogen (secondary N) is 1. The first-order valence-corrected chi connectivity index (χ1v) is 20.3. The smallest absolute Gasteiger partial charge is 0.324 e. The van der Waals surface area contributed by atoms with Crippen molar-refractivity contribution < 1.29 is 13.2 Å². The Labute approximate surface area is 351 Å². The largest absolute Gasteiger partial charge is 0.416 e. The zero-order valence-corrected chi connectivity index (χ0v) is 33.5. The first-order valence-electron chi connectivity index (χ1n) is 20.3. The molecule has 296 valence electrons. The Morgan fingerprint density at radius 3 is 1.67 bits per heavy atom. The molecule has 0 saturated heterocycles. The average Bonchev–Trinajstić information content (AvgIpc) is 3.62. The maximum absolute atomic E-state index is 14.3. The fourth-order valence-corrected chi connectivity index (χ4v) is 8.25. The number of rotatable bonds is 5. The number of allylic oxidation sites excluding steroid dienone is 4. The normalized spacial score (nSPS) is 16.0. The number of nitrogens with zero attached hydrogens (tertiary/aromatic N) is 3. The SMILES string of the molecule is Cc1ccc(-c2ccc3c4ccc(-c5ccc(C)cc5)cc4n(-c4ccc(=C5C=C(C(F)(F)F)C=CC5)c(=C5N=C(c6ccccc6)N=C(c6ccccc6)N5)c4)c3c2)cc1. The van der Waals surface area contributed by atoms with E-state index in [0.717, 1.165) is 66.9 Å². The highest BCUT2D eigenvalue weighted by atomic mass is 19.4. The lowest BCUT2D eigenvalue weighted by Gasteiger charge is -2.19. The van der Waals surface area contributed by atoms with Gasteiger partial charge in [-0.05, 0) is 83.7 Å². The molecule has 0 atom stereocenters. The lowest BCUT2D eigenvalue weighted by Crippen LogP contribution is -2.38. The van der Waals surface area contributed by atoms with Crippen LogP contribution in [0.15, 0.2) is 198 Å². The van der Waals surface area contributed by atoms with Crippen molar-refractivity contribution in [2.24, 2.45) is 9.98 Å². The molecule has 0 fully saturated rings. The summed E-state index contributed by atoms with van der Waals surface area (Å²) in [5, 5.41) is 6.98. The third-order valence-corrected chi connectivity index (χ3v) is 11.4. The minimum Gasteiger partial charge on any atom is -0.324 e. The fourth-order valence-electron chi connectivity index (χ4n) is 8.25. The third kappa shape index (κ3) is 7.29. The summed E-state index contributed by atoms with van der Waals surface area (Å²) < 4.78 is 45.1. The number of hydrogen-bond donors (Lipinski definition) is 1. The summed E-state index contributed by atoms with van der Waals surface area (Å²) in [6.07, 6.45) is -0.180. The molecule has 7 aromatic carbocycles. The number of aromatic nitrogens is 1. The Morgan fingerprint density at radius 1 is 0.541 bits per heavy atom. The summed E-state index contributed by atoms with van der Waals surface area (Å²) in [6.45, 7) is 4.17. The van der Waals surface area contributed by atoms with Crippen LogP contribution in [0.25, 0.3) is 61.1 Å². The predicted molar refractivity (Wildman–Crippen MR) is 244 cm³/mol. The molecule has 0 amide bonds. The quantitative estimate of drug-likeness (QED) is 0.185. The Kier molecular flexibility index (Phi) is 9.44. The van der Waals surface area contributed by atoms with E-state index in [4.69, 9.17) is 9.98 Å². The van der Waals surface area contributed by atoms with Gasteiger partial charge in [-0.3, -0.25) is 0 Å². The molecule has 61 heavy (non-hydrogen) atoms. The maximum atomic E-state index is 14.3. The van der Waals surface area contributed by atoms with Gasteiger partial charge >= 0.3 is 6.18 Å². The van der Waals surface area contributed by atoms with Gasteiger partial charge in [0.15, 0.2) is 5.84 Å². The summed E-state index contributed by atoms with van der Waals surface area (Å²) in [6, 6.07) is 55.8. The molecule has 2 heterocycles. The van der Waals surface area contributed by atoms with E-state index in [1.54, 1.807) is 6.08 Å². The Balaban J connectivity index is 1.29. The van der Waals surface area contributed by atoms with Gasteiger partial charge in [0.25, 0.3) is 0 Å². The second kappa shape index (κ2) is 15.3. The van der Waals surface area contributed by atoms with Gasteiger partial charge in [-0.1, -0.05) is 163 Å². The van der Waals surface area contributed by atoms with Crippen molar-refractivity contribution >= 4 is 44.9 Å². The van der Waals surface area contributed by atoms with Crippen molar-refractivity contribution in [1.82, 2.24) is 9.88 Å². The van der Waals surface area contributed by atoms with Gasteiger partial charge < -0.3 is 9.88 Å². The number of aryl methyl sites for hydroxylation is 2. The summed E-state index contributed by atoms with van der Waals surface area (Å²) in [4.78, 5) is 10.1. The van der Waals surface area contributed by atoms with Crippen LogP contribution in [0.1, 0.15) is 28.7 Å². The highest BCUT2D eigenvalue weighted by Gasteiger charge is 2.33. The van der Waals surface area contributed by atoms with Gasteiger partial charge in [-0.2, -0.15) is 13.2 Å². The molecule has 0 bridgehead atoms. The van der Waals surface area contributed by atoms with Gasteiger partial charge in [0.2, 0.25) is 0 Å². The second-order valence-electron chi connectivity index (χ2n) is 15.6. The highest BCUT2D eigenvalue weighted by Crippen LogP contribution is 2.37. The minimum atomic E-state index is -4.50. The Morgan fingerprint density at radius 2 is 1.10 bits per heavy atom. The van der Waals surface area contributed by atoms with Crippen LogP contribution < -0.4 is 15.8 Å². The third-order valence-electron chi connectivity index (χ3n) is 11.4. The number of halogens is 3. The molecular formula is C54H39F3N4. The van der Waals surface area contributed by atoms with Gasteiger partial charge in [-0.15, -0.1) is 0 Å². The summed E-state index contributed by atoms with van der Waals surface area (Å²) >= 11 is 0. The van der Waals surface area contributed by atoms with E-state index < -0.39 is 11.7 Å². The van der Waals surface area contributed by atoms with Crippen molar-refractivity contribution in [2.75, 3.05) is 0 Å². The molecule has 2 aliphatic rings. The average molecular weight is 801 g/mol. The van der Waals surface area contributed by atoms with Gasteiger partial charge in [0, 0.05) is 32.8 Å². The van der Waals surface area contributed by atoms with Gasteiger partial charge in [-0.25, -0.2) is 9.98 Å². The molecule has 0 spiro atoms. The summed E-state index contributed by atoms with van der Waals surface area (Å²) in [7, 11) is 0. The molecule has 4 nitrogen and oxygen atoms in total. The van der Waals surface area contributed by atoms with E-state index in [1.165, 1.54) is 17.2 Å². The number of hydrogen-bond acceptors (Lipinski definition) is 3. The van der Waals surface area contributed by atoms with Gasteiger partial charge in [0.1, 0.15) is 11.7 Å². The topological polar surface area (TPSA) is 41.7 Å². The van der Waals surface area contributed by atoms with Crippen LogP contribution >= 0.6 is 0 Å². The molecule has 7 heteroatoms. The van der Waals surface area contributed by atoms with Crippen molar-refractivity contribution in [3.05, 3.63) is 220 Å². The molecule has 0 unspecified atom stereocenters. The molecule has 0 saturated carbocycles. The maximum Gasteiger partial charge on any atom is 0.416 e. The molecule has 1 N–H and O–H groups in total. The number of amidine groups is 2. The fraction of sp³-hybridized carbons (Fsp3) is 0.0741. The van der Waals surface area contributed by atoms with Crippen LogP contribution in [-0.2, 0) is 0 Å². The molecule has 1 aromatic heterocycles. The summed E-state index contributed by atoms with van der Waals surface area (Å²) in [5.41, 5.74) is 11.1. The first-order chi connectivity index (χ1) is 29.7. The molecular weight excluding hydrogens is 762 g/mol. The van der Waals surface area contributed by atoms with Crippen LogP contribution in [0.3, 0.4) is 0 Å².